The van der Waals surface area contributed by atoms with Gasteiger partial charge in [-0.15, -0.1) is 6.42 Å². The van der Waals surface area contributed by atoms with Gasteiger partial charge < -0.3 is 13.9 Å². The highest BCUT2D eigenvalue weighted by molar-refractivity contribution is 6.32. The molecule has 4 rings (SSSR count). The van der Waals surface area contributed by atoms with Gasteiger partial charge in [-0.1, -0.05) is 78.2 Å². The van der Waals surface area contributed by atoms with Crippen molar-refractivity contribution in [3.05, 3.63) is 88.9 Å². The summed E-state index contributed by atoms with van der Waals surface area (Å²) >= 11 is 6.42. The van der Waals surface area contributed by atoms with Crippen LogP contribution in [0.4, 0.5) is 5.88 Å². The number of nitrogens with zero attached hydrogens (tertiary/aromatic N) is 2. The average molecular weight is 481 g/mol. The van der Waals surface area contributed by atoms with Crippen molar-refractivity contribution in [3.63, 3.8) is 0 Å². The first-order valence-electron chi connectivity index (χ1n) is 10.9. The van der Waals surface area contributed by atoms with Gasteiger partial charge in [-0.25, -0.2) is 4.99 Å². The normalized spacial score (nSPS) is 10.6. The maximum atomic E-state index is 10.0. The summed E-state index contributed by atoms with van der Waals surface area (Å²) in [6.07, 6.45) is 6.87. The van der Waals surface area contributed by atoms with E-state index >= 15 is 0 Å². The van der Waals surface area contributed by atoms with Gasteiger partial charge >= 0.3 is 0 Å². The summed E-state index contributed by atoms with van der Waals surface area (Å²) in [5, 5.41) is 10.4. The summed E-state index contributed by atoms with van der Waals surface area (Å²) in [7, 11) is 0. The van der Waals surface area contributed by atoms with E-state index in [0.29, 0.717) is 45.6 Å². The number of hydrogen-bond donors (Lipinski definition) is 0. The summed E-state index contributed by atoms with van der Waals surface area (Å²) in [5.74, 6) is 4.01. The number of ether oxygens (including phenoxy) is 2. The lowest BCUT2D eigenvalue weighted by molar-refractivity contribution is 0.299. The van der Waals surface area contributed by atoms with E-state index in [0.717, 1.165) is 11.1 Å². The molecule has 6 heteroatoms. The highest BCUT2D eigenvalue weighted by atomic mass is 35.5. The molecule has 0 unspecified atom stereocenters. The molecule has 5 nitrogen and oxygen atoms in total. The van der Waals surface area contributed by atoms with Crippen molar-refractivity contribution in [2.45, 2.75) is 6.92 Å². The Morgan fingerprint density at radius 3 is 2.34 bits per heavy atom. The molecular weight excluding hydrogens is 460 g/mol. The summed E-state index contributed by atoms with van der Waals surface area (Å²) < 4.78 is 17.4. The van der Waals surface area contributed by atoms with Gasteiger partial charge in [0.05, 0.1) is 11.6 Å². The zero-order chi connectivity index (χ0) is 24.6. The molecule has 0 amide bonds. The summed E-state index contributed by atoms with van der Waals surface area (Å²) in [6.45, 7) is 2.34. The van der Waals surface area contributed by atoms with Gasteiger partial charge in [0, 0.05) is 17.3 Å². The van der Waals surface area contributed by atoms with Crippen LogP contribution in [-0.4, -0.2) is 19.4 Å². The van der Waals surface area contributed by atoms with E-state index < -0.39 is 0 Å². The molecule has 0 spiro atoms. The summed E-state index contributed by atoms with van der Waals surface area (Å²) in [5.41, 5.74) is 3.40. The van der Waals surface area contributed by atoms with E-state index in [1.165, 1.54) is 0 Å². The zero-order valence-electron chi connectivity index (χ0n) is 19.0. The third kappa shape index (κ3) is 5.22. The third-order valence-electron chi connectivity index (χ3n) is 5.06. The number of hydrogen-bond acceptors (Lipinski definition) is 5. The maximum absolute atomic E-state index is 10.0. The minimum Gasteiger partial charge on any atom is -0.490 e. The fourth-order valence-electron chi connectivity index (χ4n) is 3.60. The van der Waals surface area contributed by atoms with E-state index in [-0.39, 0.29) is 12.5 Å². The van der Waals surface area contributed by atoms with Crippen LogP contribution in [0, 0.1) is 23.7 Å². The number of nitriles is 1. The Balaban J connectivity index is 1.80. The average Bonchev–Trinajstić information content (AvgIpc) is 3.27. The van der Waals surface area contributed by atoms with Crippen molar-refractivity contribution >= 4 is 23.7 Å². The highest BCUT2D eigenvalue weighted by Crippen LogP contribution is 2.42. The standard InChI is InChI=1S/C29H21ClN2O3/c1-3-15-34-28-24(30)16-20(17-25(28)33-4-2)19-32-29-23(18-31)26(21-11-7-5-8-12-21)27(35-29)22-13-9-6-10-14-22/h1,5-14,16-17,19H,4,15H2,2H3. The summed E-state index contributed by atoms with van der Waals surface area (Å²) in [6, 6.07) is 25.0. The Labute approximate surface area is 209 Å². The van der Waals surface area contributed by atoms with Gasteiger partial charge in [-0.2, -0.15) is 5.26 Å². The summed E-state index contributed by atoms with van der Waals surface area (Å²) in [4.78, 5) is 4.51. The van der Waals surface area contributed by atoms with E-state index in [1.54, 1.807) is 18.3 Å². The molecular formula is C29H21ClN2O3. The molecule has 0 radical (unpaired) electrons. The van der Waals surface area contributed by atoms with E-state index in [2.05, 4.69) is 17.0 Å². The van der Waals surface area contributed by atoms with Crippen molar-refractivity contribution in [2.75, 3.05) is 13.2 Å². The first-order valence-corrected chi connectivity index (χ1v) is 11.3. The molecule has 0 saturated heterocycles. The Morgan fingerprint density at radius 1 is 1.03 bits per heavy atom. The molecule has 0 atom stereocenters. The molecule has 0 fully saturated rings. The molecule has 3 aromatic carbocycles. The fraction of sp³-hybridized carbons (Fsp3) is 0.103. The Hall–Kier alpha value is -4.45. The molecule has 0 N–H and O–H groups in total. The molecule has 0 aliphatic rings. The largest absolute Gasteiger partial charge is 0.490 e. The Morgan fingerprint density at radius 2 is 1.71 bits per heavy atom. The SMILES string of the molecule is C#CCOc1c(Cl)cc(C=Nc2oc(-c3ccccc3)c(-c3ccccc3)c2C#N)cc1OCC. The predicted molar refractivity (Wildman–Crippen MR) is 138 cm³/mol. The molecule has 1 aromatic heterocycles. The monoisotopic (exact) mass is 480 g/mol. The quantitative estimate of drug-likeness (QED) is 0.196. The molecule has 35 heavy (non-hydrogen) atoms. The van der Waals surface area contributed by atoms with Crippen molar-refractivity contribution < 1.29 is 13.9 Å². The van der Waals surface area contributed by atoms with E-state index in [9.17, 15) is 5.26 Å². The molecule has 4 aromatic rings. The van der Waals surface area contributed by atoms with E-state index in [4.69, 9.17) is 31.9 Å². The van der Waals surface area contributed by atoms with Gasteiger partial charge in [0.1, 0.15) is 24.0 Å². The zero-order valence-corrected chi connectivity index (χ0v) is 19.8. The maximum Gasteiger partial charge on any atom is 0.238 e. The number of rotatable bonds is 8. The van der Waals surface area contributed by atoms with Crippen LogP contribution >= 0.6 is 11.6 Å². The Bertz CT molecular complexity index is 1430. The second-order valence-electron chi connectivity index (χ2n) is 7.34. The third-order valence-corrected chi connectivity index (χ3v) is 5.34. The van der Waals surface area contributed by atoms with Crippen molar-refractivity contribution in [3.8, 4) is 52.4 Å². The predicted octanol–water partition coefficient (Wildman–Crippen LogP) is 7.30. The highest BCUT2D eigenvalue weighted by Gasteiger charge is 2.22. The molecule has 0 aliphatic carbocycles. The van der Waals surface area contributed by atoms with Crippen molar-refractivity contribution in [1.29, 1.82) is 5.26 Å². The molecule has 0 saturated carbocycles. The first kappa shape index (κ1) is 23.7. The number of aliphatic imine (C=N–C) groups is 1. The van der Waals surface area contributed by atoms with Gasteiger partial charge in [0.15, 0.2) is 11.5 Å². The number of benzene rings is 3. The van der Waals surface area contributed by atoms with Crippen LogP contribution in [0.3, 0.4) is 0 Å². The van der Waals surface area contributed by atoms with Crippen LogP contribution in [0.2, 0.25) is 5.02 Å². The van der Waals surface area contributed by atoms with E-state index in [1.807, 2.05) is 67.6 Å². The molecule has 0 bridgehead atoms. The van der Waals surface area contributed by atoms with Crippen LogP contribution in [0.15, 0.2) is 82.2 Å². The second-order valence-corrected chi connectivity index (χ2v) is 7.75. The van der Waals surface area contributed by atoms with Crippen molar-refractivity contribution in [1.82, 2.24) is 0 Å². The number of furan rings is 1. The van der Waals surface area contributed by atoms with Gasteiger partial charge in [0.25, 0.3) is 0 Å². The van der Waals surface area contributed by atoms with Gasteiger partial charge in [-0.3, -0.25) is 0 Å². The number of terminal acetylenes is 1. The van der Waals surface area contributed by atoms with Crippen LogP contribution in [0.5, 0.6) is 11.5 Å². The second kappa shape index (κ2) is 11.1. The smallest absolute Gasteiger partial charge is 0.238 e. The lowest BCUT2D eigenvalue weighted by atomic mass is 9.98. The lowest BCUT2D eigenvalue weighted by Gasteiger charge is -2.12. The first-order chi connectivity index (χ1) is 17.2. The van der Waals surface area contributed by atoms with Crippen LogP contribution in [0.1, 0.15) is 18.1 Å². The Kier molecular flexibility index (Phi) is 7.53. The minimum absolute atomic E-state index is 0.0652. The number of halogens is 1. The molecule has 172 valence electrons. The molecule has 1 heterocycles. The van der Waals surface area contributed by atoms with Crippen LogP contribution in [-0.2, 0) is 0 Å². The topological polar surface area (TPSA) is 67.8 Å². The van der Waals surface area contributed by atoms with Crippen LogP contribution in [0.25, 0.3) is 22.5 Å². The fourth-order valence-corrected chi connectivity index (χ4v) is 3.87. The van der Waals surface area contributed by atoms with Gasteiger partial charge in [-0.05, 0) is 30.2 Å². The molecule has 0 aliphatic heterocycles. The van der Waals surface area contributed by atoms with Crippen LogP contribution < -0.4 is 9.47 Å². The van der Waals surface area contributed by atoms with Crippen molar-refractivity contribution in [2.24, 2.45) is 4.99 Å². The van der Waals surface area contributed by atoms with Gasteiger partial charge in [0.2, 0.25) is 5.88 Å². The minimum atomic E-state index is 0.0652. The lowest BCUT2D eigenvalue weighted by Crippen LogP contribution is -2.01.